The summed E-state index contributed by atoms with van der Waals surface area (Å²) in [5, 5.41) is 12.2. The van der Waals surface area contributed by atoms with Crippen molar-refractivity contribution in [1.29, 1.82) is 0 Å². The Morgan fingerprint density at radius 2 is 1.96 bits per heavy atom. The van der Waals surface area contributed by atoms with E-state index in [1.165, 1.54) is 7.11 Å². The lowest BCUT2D eigenvalue weighted by Crippen LogP contribution is -2.54. The van der Waals surface area contributed by atoms with E-state index in [1.54, 1.807) is 39.0 Å². The molecule has 1 aliphatic rings. The van der Waals surface area contributed by atoms with Crippen molar-refractivity contribution in [2.75, 3.05) is 12.4 Å². The third-order valence-corrected chi connectivity index (χ3v) is 4.02. The molecule has 0 spiro atoms. The molecular weight excluding hydrogens is 312 g/mol. The summed E-state index contributed by atoms with van der Waals surface area (Å²) < 4.78 is 10.5. The number of nitrogens with one attached hydrogen (secondary N) is 1. The van der Waals surface area contributed by atoms with Crippen LogP contribution in [0.5, 0.6) is 5.75 Å². The normalized spacial score (nSPS) is 23.1. The van der Waals surface area contributed by atoms with Gasteiger partial charge in [-0.15, -0.1) is 0 Å². The van der Waals surface area contributed by atoms with Crippen molar-refractivity contribution >= 4 is 17.7 Å². The van der Waals surface area contributed by atoms with Crippen molar-refractivity contribution < 1.29 is 24.2 Å². The zero-order valence-electron chi connectivity index (χ0n) is 14.4. The fourth-order valence-electron chi connectivity index (χ4n) is 2.87. The van der Waals surface area contributed by atoms with E-state index in [0.29, 0.717) is 29.8 Å². The van der Waals surface area contributed by atoms with Gasteiger partial charge < -0.3 is 20.3 Å². The van der Waals surface area contributed by atoms with E-state index >= 15 is 0 Å². The van der Waals surface area contributed by atoms with Gasteiger partial charge in [0.25, 0.3) is 0 Å². The topological polar surface area (TPSA) is 111 Å². The lowest BCUT2D eigenvalue weighted by molar-refractivity contribution is -0.148. The highest BCUT2D eigenvalue weighted by molar-refractivity contribution is 5.88. The maximum atomic E-state index is 11.9. The van der Waals surface area contributed by atoms with Gasteiger partial charge in [0.1, 0.15) is 11.4 Å². The summed E-state index contributed by atoms with van der Waals surface area (Å²) in [6, 6.07) is 4.81. The van der Waals surface area contributed by atoms with Crippen LogP contribution in [-0.4, -0.2) is 35.9 Å². The Morgan fingerprint density at radius 3 is 2.42 bits per heavy atom. The number of amides is 1. The van der Waals surface area contributed by atoms with Crippen LogP contribution in [0.3, 0.4) is 0 Å². The molecule has 0 atom stereocenters. The molecule has 7 nitrogen and oxygen atoms in total. The van der Waals surface area contributed by atoms with Gasteiger partial charge in [0.2, 0.25) is 0 Å². The lowest BCUT2D eigenvalue weighted by Gasteiger charge is -2.43. The van der Waals surface area contributed by atoms with E-state index in [9.17, 15) is 14.7 Å². The molecule has 0 bridgehead atoms. The minimum absolute atomic E-state index is 0.119. The number of methoxy groups -OCH3 is 1. The average molecular weight is 336 g/mol. The summed E-state index contributed by atoms with van der Waals surface area (Å²) in [6.07, 6.45) is 0.154. The van der Waals surface area contributed by atoms with Gasteiger partial charge in [-0.25, -0.2) is 4.79 Å². The third kappa shape index (κ3) is 3.62. The number of carboxylic acid groups (broad SMARTS) is 1. The van der Waals surface area contributed by atoms with Crippen LogP contribution in [0.25, 0.3) is 0 Å². The first-order chi connectivity index (χ1) is 11.1. The van der Waals surface area contributed by atoms with Gasteiger partial charge in [0, 0.05) is 6.04 Å². The van der Waals surface area contributed by atoms with E-state index in [0.717, 1.165) is 0 Å². The largest absolute Gasteiger partial charge is 0.495 e. The molecule has 0 unspecified atom stereocenters. The molecule has 0 radical (unpaired) electrons. The maximum Gasteiger partial charge on any atom is 0.412 e. The quantitative estimate of drug-likeness (QED) is 0.779. The molecule has 1 saturated carbocycles. The van der Waals surface area contributed by atoms with Crippen LogP contribution >= 0.6 is 0 Å². The van der Waals surface area contributed by atoms with Crippen LogP contribution in [0.1, 0.15) is 39.2 Å². The molecule has 1 amide bonds. The van der Waals surface area contributed by atoms with Crippen molar-refractivity contribution in [2.45, 2.75) is 50.7 Å². The summed E-state index contributed by atoms with van der Waals surface area (Å²) in [5.41, 5.74) is 5.21. The Balaban J connectivity index is 2.25. The van der Waals surface area contributed by atoms with Gasteiger partial charge in [-0.2, -0.15) is 0 Å². The van der Waals surface area contributed by atoms with Crippen LogP contribution in [0, 0.1) is 0 Å². The Labute approximate surface area is 141 Å². The van der Waals surface area contributed by atoms with Gasteiger partial charge in [0.15, 0.2) is 0 Å². The second-order valence-corrected chi connectivity index (χ2v) is 7.10. The minimum Gasteiger partial charge on any atom is -0.495 e. The summed E-state index contributed by atoms with van der Waals surface area (Å²) in [5.74, 6) is -0.529. The Bertz CT molecular complexity index is 645. The molecule has 4 N–H and O–H groups in total. The highest BCUT2D eigenvalue weighted by Gasteiger charge is 2.50. The van der Waals surface area contributed by atoms with Crippen LogP contribution in [-0.2, 0) is 14.9 Å². The van der Waals surface area contributed by atoms with Crippen molar-refractivity contribution in [2.24, 2.45) is 5.73 Å². The Morgan fingerprint density at radius 1 is 1.33 bits per heavy atom. The van der Waals surface area contributed by atoms with Crippen molar-refractivity contribution in [3.8, 4) is 5.75 Å². The first kappa shape index (κ1) is 18.1. The first-order valence-electron chi connectivity index (χ1n) is 7.75. The zero-order chi connectivity index (χ0) is 18.1. The lowest BCUT2D eigenvalue weighted by atomic mass is 9.62. The molecule has 2 rings (SSSR count). The van der Waals surface area contributed by atoms with Gasteiger partial charge >= 0.3 is 12.1 Å². The molecule has 1 fully saturated rings. The molecule has 7 heteroatoms. The van der Waals surface area contributed by atoms with Gasteiger partial charge in [0.05, 0.1) is 18.2 Å². The van der Waals surface area contributed by atoms with Gasteiger partial charge in [-0.3, -0.25) is 10.1 Å². The maximum absolute atomic E-state index is 11.9. The molecule has 0 heterocycles. The van der Waals surface area contributed by atoms with Crippen molar-refractivity contribution in [1.82, 2.24) is 0 Å². The second-order valence-electron chi connectivity index (χ2n) is 7.10. The average Bonchev–Trinajstić information content (AvgIpc) is 2.41. The van der Waals surface area contributed by atoms with Crippen molar-refractivity contribution in [3.63, 3.8) is 0 Å². The zero-order valence-corrected chi connectivity index (χ0v) is 14.4. The monoisotopic (exact) mass is 336 g/mol. The summed E-state index contributed by atoms with van der Waals surface area (Å²) >= 11 is 0. The number of benzene rings is 1. The standard InChI is InChI=1S/C17H24N2O5/c1-16(2,3)24-15(22)19-12-6-5-10(7-13(12)23-4)17(14(20)21)8-11(18)9-17/h5-7,11H,8-9,18H2,1-4H3,(H,19,22)(H,20,21). The number of aliphatic carboxylic acids is 1. The summed E-state index contributed by atoms with van der Waals surface area (Å²) in [4.78, 5) is 23.6. The second kappa shape index (κ2) is 6.32. The molecule has 1 aliphatic carbocycles. The fourth-order valence-corrected chi connectivity index (χ4v) is 2.87. The highest BCUT2D eigenvalue weighted by atomic mass is 16.6. The Hall–Kier alpha value is -2.28. The molecule has 1 aromatic carbocycles. The summed E-state index contributed by atoms with van der Waals surface area (Å²) in [7, 11) is 1.46. The van der Waals surface area contributed by atoms with E-state index in [-0.39, 0.29) is 6.04 Å². The van der Waals surface area contributed by atoms with E-state index in [2.05, 4.69) is 5.32 Å². The van der Waals surface area contributed by atoms with Gasteiger partial charge in [-0.05, 0) is 51.3 Å². The van der Waals surface area contributed by atoms with Crippen LogP contribution in [0.2, 0.25) is 0 Å². The van der Waals surface area contributed by atoms with Crippen LogP contribution in [0.15, 0.2) is 18.2 Å². The predicted octanol–water partition coefficient (Wildman–Crippen LogP) is 2.49. The number of ether oxygens (including phenoxy) is 2. The summed E-state index contributed by atoms with van der Waals surface area (Å²) in [6.45, 7) is 5.30. The number of nitrogens with two attached hydrogens (primary N) is 1. The van der Waals surface area contributed by atoms with Crippen molar-refractivity contribution in [3.05, 3.63) is 23.8 Å². The van der Waals surface area contributed by atoms with E-state index in [4.69, 9.17) is 15.2 Å². The smallest absolute Gasteiger partial charge is 0.412 e. The predicted molar refractivity (Wildman–Crippen MR) is 89.4 cm³/mol. The molecular formula is C17H24N2O5. The number of carbonyl (C=O) groups excluding carboxylic acids is 1. The molecule has 0 aromatic heterocycles. The number of rotatable bonds is 4. The van der Waals surface area contributed by atoms with Crippen LogP contribution in [0.4, 0.5) is 10.5 Å². The number of carbonyl (C=O) groups is 2. The number of hydrogen-bond acceptors (Lipinski definition) is 5. The molecule has 0 saturated heterocycles. The van der Waals surface area contributed by atoms with Gasteiger partial charge in [-0.1, -0.05) is 6.07 Å². The molecule has 132 valence electrons. The minimum atomic E-state index is -0.989. The molecule has 0 aliphatic heterocycles. The fraction of sp³-hybridized carbons (Fsp3) is 0.529. The van der Waals surface area contributed by atoms with Crippen LogP contribution < -0.4 is 15.8 Å². The van der Waals surface area contributed by atoms with E-state index in [1.807, 2.05) is 0 Å². The molecule has 1 aromatic rings. The number of anilines is 1. The molecule has 24 heavy (non-hydrogen) atoms. The third-order valence-electron chi connectivity index (χ3n) is 4.02. The Kier molecular flexibility index (Phi) is 4.75. The van der Waals surface area contributed by atoms with E-state index < -0.39 is 23.1 Å². The SMILES string of the molecule is COc1cc(C2(C(=O)O)CC(N)C2)ccc1NC(=O)OC(C)(C)C. The number of carboxylic acids is 1. The highest BCUT2D eigenvalue weighted by Crippen LogP contribution is 2.45. The first-order valence-corrected chi connectivity index (χ1v) is 7.75. The number of hydrogen-bond donors (Lipinski definition) is 3.